The first-order chi connectivity index (χ1) is 13.4. The largest absolute Gasteiger partial charge is 0.471 e. The van der Waals surface area contributed by atoms with Gasteiger partial charge < -0.3 is 14.2 Å². The number of amides is 1. The summed E-state index contributed by atoms with van der Waals surface area (Å²) in [5.74, 6) is -1.89. The Hall–Kier alpha value is -3.76. The molecule has 1 amide bonds. The van der Waals surface area contributed by atoms with Crippen LogP contribution in [0, 0.1) is 0 Å². The maximum atomic E-state index is 12.6. The number of nitrogens with one attached hydrogen (secondary N) is 1. The molecule has 4 aromatic heterocycles. The first-order valence-electron chi connectivity index (χ1n) is 7.97. The summed E-state index contributed by atoms with van der Waals surface area (Å²) in [7, 11) is 0. The molecule has 0 aliphatic heterocycles. The number of fused-ring (bicyclic) bond motifs is 1. The van der Waals surface area contributed by atoms with Gasteiger partial charge in [-0.25, -0.2) is 4.98 Å². The van der Waals surface area contributed by atoms with Crippen molar-refractivity contribution in [1.29, 1.82) is 0 Å². The summed E-state index contributed by atoms with van der Waals surface area (Å²) in [5, 5.41) is 6.08. The Morgan fingerprint density at radius 1 is 1.18 bits per heavy atom. The van der Waals surface area contributed by atoms with E-state index >= 15 is 0 Å². The average molecular weight is 388 g/mol. The van der Waals surface area contributed by atoms with Crippen LogP contribution >= 0.6 is 0 Å². The number of imidazole rings is 1. The van der Waals surface area contributed by atoms with E-state index in [1.807, 2.05) is 0 Å². The number of rotatable bonds is 4. The average Bonchev–Trinajstić information content (AvgIpc) is 3.32. The molecular formula is C17H11F3N6O2. The van der Waals surface area contributed by atoms with Crippen molar-refractivity contribution in [3.05, 3.63) is 66.2 Å². The third-order valence-electron chi connectivity index (χ3n) is 3.78. The summed E-state index contributed by atoms with van der Waals surface area (Å²) in [6.07, 6.45) is 1.49. The molecule has 142 valence electrons. The van der Waals surface area contributed by atoms with E-state index in [2.05, 4.69) is 29.9 Å². The van der Waals surface area contributed by atoms with E-state index in [-0.39, 0.29) is 18.3 Å². The number of carbonyl (C=O) groups is 1. The molecule has 0 aliphatic rings. The Morgan fingerprint density at radius 2 is 2.04 bits per heavy atom. The van der Waals surface area contributed by atoms with Crippen molar-refractivity contribution in [2.45, 2.75) is 12.7 Å². The van der Waals surface area contributed by atoms with Crippen LogP contribution in [0.15, 0.2) is 53.6 Å². The van der Waals surface area contributed by atoms with Crippen LogP contribution in [0.5, 0.6) is 0 Å². The molecule has 4 aromatic rings. The number of hydrogen-bond acceptors (Lipinski definition) is 6. The number of hydrogen-bond donors (Lipinski definition) is 1. The van der Waals surface area contributed by atoms with E-state index in [1.54, 1.807) is 35.0 Å². The highest BCUT2D eigenvalue weighted by molar-refractivity contribution is 5.93. The molecule has 0 bridgehead atoms. The minimum atomic E-state index is -4.70. The van der Waals surface area contributed by atoms with Gasteiger partial charge in [-0.15, -0.1) is 0 Å². The third-order valence-corrected chi connectivity index (χ3v) is 3.78. The van der Waals surface area contributed by atoms with Gasteiger partial charge in [-0.05, 0) is 24.3 Å². The van der Waals surface area contributed by atoms with Crippen LogP contribution in [0.25, 0.3) is 17.0 Å². The summed E-state index contributed by atoms with van der Waals surface area (Å²) in [5.41, 5.74) is 1.87. The lowest BCUT2D eigenvalue weighted by Crippen LogP contribution is -2.22. The van der Waals surface area contributed by atoms with Crippen LogP contribution in [0.1, 0.15) is 21.9 Å². The minimum Gasteiger partial charge on any atom is -0.346 e. The van der Waals surface area contributed by atoms with Crippen molar-refractivity contribution < 1.29 is 22.5 Å². The Labute approximate surface area is 155 Å². The number of halogens is 3. The first-order valence-corrected chi connectivity index (χ1v) is 7.97. The number of aromatic nitrogens is 5. The minimum absolute atomic E-state index is 0.172. The van der Waals surface area contributed by atoms with E-state index in [1.165, 1.54) is 18.5 Å². The van der Waals surface area contributed by atoms with E-state index < -0.39 is 12.1 Å². The van der Waals surface area contributed by atoms with Crippen LogP contribution in [-0.4, -0.2) is 30.4 Å². The van der Waals surface area contributed by atoms with Gasteiger partial charge in [0.15, 0.2) is 0 Å². The quantitative estimate of drug-likeness (QED) is 0.577. The highest BCUT2D eigenvalue weighted by Gasteiger charge is 2.38. The lowest BCUT2D eigenvalue weighted by molar-refractivity contribution is -0.159. The summed E-state index contributed by atoms with van der Waals surface area (Å²) >= 11 is 0. The fourth-order valence-electron chi connectivity index (χ4n) is 2.49. The molecule has 0 aliphatic carbocycles. The molecule has 28 heavy (non-hydrogen) atoms. The molecule has 0 unspecified atom stereocenters. The summed E-state index contributed by atoms with van der Waals surface area (Å²) < 4.78 is 43.6. The molecule has 0 aromatic carbocycles. The van der Waals surface area contributed by atoms with Crippen molar-refractivity contribution in [3.63, 3.8) is 0 Å². The van der Waals surface area contributed by atoms with Gasteiger partial charge in [0, 0.05) is 30.4 Å². The molecule has 11 heteroatoms. The second-order valence-electron chi connectivity index (χ2n) is 5.76. The van der Waals surface area contributed by atoms with Gasteiger partial charge in [0.1, 0.15) is 5.65 Å². The fourth-order valence-corrected chi connectivity index (χ4v) is 2.49. The zero-order valence-electron chi connectivity index (χ0n) is 14.0. The normalized spacial score (nSPS) is 11.7. The van der Waals surface area contributed by atoms with Crippen molar-refractivity contribution in [2.24, 2.45) is 0 Å². The van der Waals surface area contributed by atoms with Gasteiger partial charge in [0.05, 0.1) is 17.8 Å². The van der Waals surface area contributed by atoms with Crippen LogP contribution in [0.3, 0.4) is 0 Å². The standard InChI is InChI=1S/C17H11F3N6O2/c18-17(19,20)16-24-14(25-28-16)11-3-4-13-23-12(9-26(13)8-11)7-22-15(27)10-2-1-5-21-6-10/h1-6,8-9H,7H2,(H,22,27). The van der Waals surface area contributed by atoms with Gasteiger partial charge in [0.2, 0.25) is 5.82 Å². The monoisotopic (exact) mass is 388 g/mol. The number of alkyl halides is 3. The van der Waals surface area contributed by atoms with Crippen molar-refractivity contribution in [1.82, 2.24) is 29.8 Å². The molecule has 0 saturated carbocycles. The first kappa shape index (κ1) is 17.6. The van der Waals surface area contributed by atoms with Crippen LogP contribution in [0.2, 0.25) is 0 Å². The molecule has 0 fully saturated rings. The highest BCUT2D eigenvalue weighted by atomic mass is 19.4. The van der Waals surface area contributed by atoms with Crippen molar-refractivity contribution in [3.8, 4) is 11.4 Å². The lowest BCUT2D eigenvalue weighted by Gasteiger charge is -2.01. The number of pyridine rings is 2. The van der Waals surface area contributed by atoms with Gasteiger partial charge in [0.25, 0.3) is 5.91 Å². The smallest absolute Gasteiger partial charge is 0.346 e. The second-order valence-corrected chi connectivity index (χ2v) is 5.76. The summed E-state index contributed by atoms with van der Waals surface area (Å²) in [6, 6.07) is 6.43. The topological polar surface area (TPSA) is 98.2 Å². The van der Waals surface area contributed by atoms with Crippen molar-refractivity contribution in [2.75, 3.05) is 0 Å². The zero-order valence-corrected chi connectivity index (χ0v) is 14.0. The fraction of sp³-hybridized carbons (Fsp3) is 0.118. The molecule has 8 nitrogen and oxygen atoms in total. The van der Waals surface area contributed by atoms with Gasteiger partial charge in [-0.3, -0.25) is 9.78 Å². The Kier molecular flexibility index (Phi) is 4.26. The maximum absolute atomic E-state index is 12.6. The molecule has 4 heterocycles. The molecule has 4 rings (SSSR count). The van der Waals surface area contributed by atoms with E-state index in [0.717, 1.165) is 0 Å². The predicted octanol–water partition coefficient (Wildman–Crippen LogP) is 2.73. The lowest BCUT2D eigenvalue weighted by atomic mass is 10.2. The molecular weight excluding hydrogens is 377 g/mol. The van der Waals surface area contributed by atoms with Gasteiger partial charge in [-0.2, -0.15) is 18.2 Å². The van der Waals surface area contributed by atoms with Crippen LogP contribution in [0.4, 0.5) is 13.2 Å². The molecule has 1 N–H and O–H groups in total. The van der Waals surface area contributed by atoms with Crippen molar-refractivity contribution >= 4 is 11.6 Å². The Bertz CT molecular complexity index is 1140. The molecule has 0 spiro atoms. The van der Waals surface area contributed by atoms with Crippen LogP contribution in [-0.2, 0) is 12.7 Å². The summed E-state index contributed by atoms with van der Waals surface area (Å²) in [6.45, 7) is 0.172. The maximum Gasteiger partial charge on any atom is 0.471 e. The SMILES string of the molecule is O=C(NCc1cn2cc(-c3noc(C(F)(F)F)n3)ccc2n1)c1cccnc1. The van der Waals surface area contributed by atoms with E-state index in [4.69, 9.17) is 0 Å². The van der Waals surface area contributed by atoms with Gasteiger partial charge >= 0.3 is 12.1 Å². The van der Waals surface area contributed by atoms with Crippen LogP contribution < -0.4 is 5.32 Å². The highest BCUT2D eigenvalue weighted by Crippen LogP contribution is 2.29. The predicted molar refractivity (Wildman–Crippen MR) is 88.9 cm³/mol. The molecule has 0 atom stereocenters. The zero-order chi connectivity index (χ0) is 19.7. The Morgan fingerprint density at radius 3 is 2.75 bits per heavy atom. The number of carbonyl (C=O) groups excluding carboxylic acids is 1. The van der Waals surface area contributed by atoms with Gasteiger partial charge in [-0.1, -0.05) is 5.16 Å². The van der Waals surface area contributed by atoms with E-state index in [0.29, 0.717) is 22.5 Å². The Balaban J connectivity index is 1.52. The third kappa shape index (κ3) is 3.54. The summed E-state index contributed by atoms with van der Waals surface area (Å²) in [4.78, 5) is 23.6. The second kappa shape index (κ2) is 6.76. The van der Waals surface area contributed by atoms with E-state index in [9.17, 15) is 18.0 Å². The molecule has 0 radical (unpaired) electrons. The molecule has 0 saturated heterocycles. The number of nitrogens with zero attached hydrogens (tertiary/aromatic N) is 5.